The number of halogens is 3. The molecule has 0 aliphatic carbocycles. The van der Waals surface area contributed by atoms with Gasteiger partial charge in [-0.15, -0.1) is 18.3 Å². The molecule has 9 nitrogen and oxygen atoms in total. The normalized spacial score (nSPS) is 14.3. The Morgan fingerprint density at radius 2 is 1.62 bits per heavy atom. The van der Waals surface area contributed by atoms with Crippen LogP contribution in [0.25, 0.3) is 17.1 Å². The van der Waals surface area contributed by atoms with E-state index in [1.807, 2.05) is 35.2 Å². The molecule has 1 aliphatic heterocycles. The van der Waals surface area contributed by atoms with E-state index in [-0.39, 0.29) is 5.75 Å². The molecule has 2 heterocycles. The van der Waals surface area contributed by atoms with Crippen molar-refractivity contribution in [2.45, 2.75) is 12.7 Å². The van der Waals surface area contributed by atoms with Gasteiger partial charge >= 0.3 is 6.36 Å². The summed E-state index contributed by atoms with van der Waals surface area (Å²) in [5.74, 6) is 0.694. The summed E-state index contributed by atoms with van der Waals surface area (Å²) >= 11 is 0. The van der Waals surface area contributed by atoms with E-state index in [9.17, 15) is 18.3 Å². The van der Waals surface area contributed by atoms with Crippen molar-refractivity contribution in [1.82, 2.24) is 20.1 Å². The molecule has 1 aromatic heterocycles. The molecule has 37 heavy (non-hydrogen) atoms. The number of alkyl halides is 3. The van der Waals surface area contributed by atoms with Crippen molar-refractivity contribution < 1.29 is 23.0 Å². The summed E-state index contributed by atoms with van der Waals surface area (Å²) in [7, 11) is 0. The monoisotopic (exact) mass is 509 g/mol. The van der Waals surface area contributed by atoms with Gasteiger partial charge in [0.15, 0.2) is 5.82 Å². The molecule has 1 unspecified atom stereocenters. The fourth-order valence-corrected chi connectivity index (χ4v) is 3.78. The van der Waals surface area contributed by atoms with Crippen LogP contribution < -0.4 is 20.3 Å². The zero-order valence-corrected chi connectivity index (χ0v) is 19.3. The molecule has 5 rings (SSSR count). The topological polar surface area (TPSA) is 99.8 Å². The largest absolute Gasteiger partial charge is 0.573 e. The van der Waals surface area contributed by atoms with E-state index in [1.54, 1.807) is 24.3 Å². The van der Waals surface area contributed by atoms with Crippen LogP contribution in [0.4, 0.5) is 24.5 Å². The second-order valence-electron chi connectivity index (χ2n) is 8.02. The van der Waals surface area contributed by atoms with Gasteiger partial charge in [-0.25, -0.2) is 9.67 Å². The van der Waals surface area contributed by atoms with Gasteiger partial charge in [-0.2, -0.15) is 0 Å². The minimum absolute atomic E-state index is 0.316. The summed E-state index contributed by atoms with van der Waals surface area (Å²) in [4.78, 5) is 10.7. The van der Waals surface area contributed by atoms with Crippen molar-refractivity contribution in [2.24, 2.45) is 4.99 Å². The molecule has 0 bridgehead atoms. The Labute approximate surface area is 209 Å². The van der Waals surface area contributed by atoms with Gasteiger partial charge in [0.1, 0.15) is 12.1 Å². The predicted molar refractivity (Wildman–Crippen MR) is 132 cm³/mol. The summed E-state index contributed by atoms with van der Waals surface area (Å²) in [6, 6.07) is 22.2. The lowest BCUT2D eigenvalue weighted by Crippen LogP contribution is -2.47. The van der Waals surface area contributed by atoms with Crippen LogP contribution >= 0.6 is 0 Å². The van der Waals surface area contributed by atoms with E-state index in [4.69, 9.17) is 0 Å². The van der Waals surface area contributed by atoms with Gasteiger partial charge in [0.2, 0.25) is 12.3 Å². The molecule has 0 amide bonds. The number of para-hydroxylation sites is 1. The molecule has 0 spiro atoms. The second kappa shape index (κ2) is 10.2. The Morgan fingerprint density at radius 1 is 0.892 bits per heavy atom. The highest BCUT2D eigenvalue weighted by atomic mass is 19.4. The van der Waals surface area contributed by atoms with Crippen molar-refractivity contribution in [2.75, 3.05) is 23.3 Å². The molecule has 4 aromatic rings. The maximum Gasteiger partial charge on any atom is 0.573 e. The third-order valence-corrected chi connectivity index (χ3v) is 5.45. The number of guanidine groups is 1. The zero-order chi connectivity index (χ0) is 25.8. The van der Waals surface area contributed by atoms with E-state index < -0.39 is 12.7 Å². The Morgan fingerprint density at radius 3 is 2.32 bits per heavy atom. The smallest absolute Gasteiger partial charge is 0.406 e. The fourth-order valence-electron chi connectivity index (χ4n) is 3.78. The number of rotatable bonds is 7. The van der Waals surface area contributed by atoms with E-state index >= 15 is 0 Å². The molecule has 0 saturated carbocycles. The van der Waals surface area contributed by atoms with Crippen LogP contribution in [-0.4, -0.2) is 51.6 Å². The molecule has 3 N–H and O–H groups in total. The molecule has 12 heteroatoms. The second-order valence-corrected chi connectivity index (χ2v) is 8.02. The van der Waals surface area contributed by atoms with Gasteiger partial charge in [-0.05, 0) is 60.7 Å². The number of nitrogens with one attached hydrogen (secondary N) is 2. The highest BCUT2D eigenvalue weighted by Gasteiger charge is 2.31. The van der Waals surface area contributed by atoms with Crippen molar-refractivity contribution in [1.29, 1.82) is 0 Å². The lowest BCUT2D eigenvalue weighted by atomic mass is 10.2. The third kappa shape index (κ3) is 5.98. The minimum Gasteiger partial charge on any atom is -0.406 e. The molecule has 0 fully saturated rings. The van der Waals surface area contributed by atoms with Crippen molar-refractivity contribution in [3.63, 3.8) is 0 Å². The van der Waals surface area contributed by atoms with E-state index in [2.05, 4.69) is 30.4 Å². The average molecular weight is 509 g/mol. The summed E-state index contributed by atoms with van der Waals surface area (Å²) < 4.78 is 42.4. The quantitative estimate of drug-likeness (QED) is 0.324. The molecule has 0 saturated heterocycles. The standard InChI is InChI=1S/C25H22F3N7O2/c26-25(27,28)37-21-12-10-20(11-13-21)35-16-30-22(33-35)17-6-8-18(9-7-17)31-24(36)32-23-29-14-15-34(23)19-4-2-1-3-5-19/h1-13,16,24,31,36H,14-15H2,(H,29,32). The highest BCUT2D eigenvalue weighted by molar-refractivity contribution is 5.97. The van der Waals surface area contributed by atoms with Crippen LogP contribution in [0.3, 0.4) is 0 Å². The van der Waals surface area contributed by atoms with Gasteiger partial charge in [0, 0.05) is 23.5 Å². The summed E-state index contributed by atoms with van der Waals surface area (Å²) in [5.41, 5.74) is 2.90. The zero-order valence-electron chi connectivity index (χ0n) is 19.3. The number of aromatic nitrogens is 3. The molecule has 3 aromatic carbocycles. The van der Waals surface area contributed by atoms with Gasteiger partial charge in [-0.3, -0.25) is 4.99 Å². The van der Waals surface area contributed by atoms with Crippen LogP contribution in [0.1, 0.15) is 0 Å². The summed E-state index contributed by atoms with van der Waals surface area (Å²) in [6.07, 6.45) is -4.35. The maximum absolute atomic E-state index is 12.3. The predicted octanol–water partition coefficient (Wildman–Crippen LogP) is 3.99. The number of nitrogens with zero attached hydrogens (tertiary/aromatic N) is 5. The molecule has 190 valence electrons. The van der Waals surface area contributed by atoms with Gasteiger partial charge < -0.3 is 25.4 Å². The highest BCUT2D eigenvalue weighted by Crippen LogP contribution is 2.24. The number of aliphatic hydroxyl groups excluding tert-OH is 1. The maximum atomic E-state index is 12.3. The third-order valence-electron chi connectivity index (χ3n) is 5.45. The van der Waals surface area contributed by atoms with Crippen LogP contribution in [0.5, 0.6) is 5.75 Å². The van der Waals surface area contributed by atoms with Gasteiger partial charge in [0.05, 0.1) is 12.2 Å². The minimum atomic E-state index is -4.75. The Bertz CT molecular complexity index is 1360. The van der Waals surface area contributed by atoms with Crippen LogP contribution in [0.15, 0.2) is 90.2 Å². The van der Waals surface area contributed by atoms with Gasteiger partial charge in [0.25, 0.3) is 0 Å². The summed E-state index contributed by atoms with van der Waals surface area (Å²) in [5, 5.41) is 20.8. The first-order chi connectivity index (χ1) is 17.8. The molecule has 1 aliphatic rings. The first kappa shape index (κ1) is 24.1. The SMILES string of the molecule is OC(NC1=NCCN1c1ccccc1)Nc1ccc(-c2ncn(-c3ccc(OC(F)(F)F)cc3)n2)cc1. The van der Waals surface area contributed by atoms with Crippen molar-refractivity contribution in [3.05, 3.63) is 85.2 Å². The number of aliphatic hydroxyl groups is 1. The number of anilines is 2. The number of aliphatic imine (C=N–C) groups is 1. The summed E-state index contributed by atoms with van der Waals surface area (Å²) in [6.45, 7) is 1.35. The van der Waals surface area contributed by atoms with Crippen molar-refractivity contribution in [3.8, 4) is 22.8 Å². The number of benzene rings is 3. The van der Waals surface area contributed by atoms with E-state index in [1.165, 1.54) is 35.3 Å². The van der Waals surface area contributed by atoms with E-state index in [0.717, 1.165) is 17.8 Å². The lowest BCUT2D eigenvalue weighted by Gasteiger charge is -2.24. The van der Waals surface area contributed by atoms with Crippen LogP contribution in [0.2, 0.25) is 0 Å². The Balaban J connectivity index is 1.19. The first-order valence-corrected chi connectivity index (χ1v) is 11.3. The van der Waals surface area contributed by atoms with E-state index in [0.29, 0.717) is 29.7 Å². The number of ether oxygens (including phenoxy) is 1. The number of hydrogen-bond acceptors (Lipinski definition) is 8. The Kier molecular flexibility index (Phi) is 6.64. The van der Waals surface area contributed by atoms with Crippen LogP contribution in [-0.2, 0) is 0 Å². The molecular formula is C25H22F3N7O2. The lowest BCUT2D eigenvalue weighted by molar-refractivity contribution is -0.274. The molecule has 1 atom stereocenters. The fraction of sp³-hybridized carbons (Fsp3) is 0.160. The average Bonchev–Trinajstić information content (AvgIpc) is 3.55. The first-order valence-electron chi connectivity index (χ1n) is 11.3. The molecular weight excluding hydrogens is 487 g/mol. The van der Waals surface area contributed by atoms with Crippen molar-refractivity contribution >= 4 is 17.3 Å². The van der Waals surface area contributed by atoms with Gasteiger partial charge in [-0.1, -0.05) is 18.2 Å². The van der Waals surface area contributed by atoms with Crippen LogP contribution in [0, 0.1) is 0 Å². The molecule has 0 radical (unpaired) electrons. The number of hydrogen-bond donors (Lipinski definition) is 3. The Hall–Kier alpha value is -4.58.